The number of rotatable bonds is 6. The zero-order chi connectivity index (χ0) is 27.4. The summed E-state index contributed by atoms with van der Waals surface area (Å²) in [6.07, 6.45) is -5.45. The maximum atomic E-state index is 13.4. The van der Waals surface area contributed by atoms with E-state index in [9.17, 15) is 32.7 Å². The highest BCUT2D eigenvalue weighted by atomic mass is 19.4. The second-order valence-electron chi connectivity index (χ2n) is 10.1. The fourth-order valence-corrected chi connectivity index (χ4v) is 4.64. The van der Waals surface area contributed by atoms with Crippen LogP contribution in [0.4, 0.5) is 22.8 Å². The fourth-order valence-electron chi connectivity index (χ4n) is 4.64. The summed E-state index contributed by atoms with van der Waals surface area (Å²) in [5, 5.41) is 9.52. The quantitative estimate of drug-likeness (QED) is 0.529. The first-order valence-electron chi connectivity index (χ1n) is 11.8. The van der Waals surface area contributed by atoms with E-state index >= 15 is 0 Å². The summed E-state index contributed by atoms with van der Waals surface area (Å²) in [6, 6.07) is 1.79. The predicted octanol–water partition coefficient (Wildman–Crippen LogP) is 5.60. The molecule has 202 valence electrons. The highest BCUT2D eigenvalue weighted by Gasteiger charge is 2.43. The van der Waals surface area contributed by atoms with E-state index in [-0.39, 0.29) is 24.9 Å². The van der Waals surface area contributed by atoms with Crippen molar-refractivity contribution < 1.29 is 42.1 Å². The molecular weight excluding hydrogens is 481 g/mol. The molecule has 1 aromatic carbocycles. The van der Waals surface area contributed by atoms with E-state index in [0.717, 1.165) is 12.1 Å². The van der Waals surface area contributed by atoms with Gasteiger partial charge < -0.3 is 24.4 Å². The topological polar surface area (TPSA) is 96.4 Å². The lowest BCUT2D eigenvalue weighted by Crippen LogP contribution is -2.58. The molecule has 0 aromatic heterocycles. The minimum absolute atomic E-state index is 0.106. The normalized spacial score (nSPS) is 20.6. The monoisotopic (exact) mass is 516 g/mol. The van der Waals surface area contributed by atoms with Gasteiger partial charge in [0.25, 0.3) is 0 Å². The third-order valence-electron chi connectivity index (χ3n) is 6.03. The van der Waals surface area contributed by atoms with Crippen molar-refractivity contribution in [3.05, 3.63) is 34.9 Å². The SMILES string of the molecule is CC[C@@H]1C[C@H](N(Cc2cc(C)cc(C(F)(F)F)c2)C(=O)OC)C[C@H](CC(=O)O)N1C(=O)OC(C)(C)C. The summed E-state index contributed by atoms with van der Waals surface area (Å²) in [4.78, 5) is 40.2. The molecule has 1 heterocycles. The van der Waals surface area contributed by atoms with Crippen molar-refractivity contribution in [2.24, 2.45) is 0 Å². The Morgan fingerprint density at radius 1 is 1.11 bits per heavy atom. The highest BCUT2D eigenvalue weighted by molar-refractivity contribution is 5.73. The van der Waals surface area contributed by atoms with Gasteiger partial charge in [0.2, 0.25) is 0 Å². The second-order valence-corrected chi connectivity index (χ2v) is 10.1. The minimum Gasteiger partial charge on any atom is -0.481 e. The Kier molecular flexibility index (Phi) is 9.25. The number of methoxy groups -OCH3 is 1. The first kappa shape index (κ1) is 29.3. The molecule has 2 rings (SSSR count). The first-order chi connectivity index (χ1) is 16.6. The number of amides is 2. The number of ether oxygens (including phenoxy) is 2. The van der Waals surface area contributed by atoms with Crippen LogP contribution < -0.4 is 0 Å². The molecule has 1 fully saturated rings. The first-order valence-corrected chi connectivity index (χ1v) is 11.8. The predicted molar refractivity (Wildman–Crippen MR) is 125 cm³/mol. The van der Waals surface area contributed by atoms with Crippen molar-refractivity contribution in [3.8, 4) is 0 Å². The van der Waals surface area contributed by atoms with E-state index in [0.29, 0.717) is 18.4 Å². The average molecular weight is 517 g/mol. The molecule has 1 aromatic rings. The number of hydrogen-bond donors (Lipinski definition) is 1. The van der Waals surface area contributed by atoms with E-state index in [4.69, 9.17) is 9.47 Å². The molecule has 2 amide bonds. The van der Waals surface area contributed by atoms with Gasteiger partial charge in [0, 0.05) is 24.7 Å². The number of alkyl halides is 3. The summed E-state index contributed by atoms with van der Waals surface area (Å²) in [5.74, 6) is -1.12. The van der Waals surface area contributed by atoms with Crippen LogP contribution in [0.25, 0.3) is 0 Å². The van der Waals surface area contributed by atoms with Crippen molar-refractivity contribution in [2.75, 3.05) is 7.11 Å². The number of benzene rings is 1. The van der Waals surface area contributed by atoms with E-state index < -0.39 is 53.6 Å². The number of carbonyl (C=O) groups is 3. The van der Waals surface area contributed by atoms with Crippen LogP contribution in [0.5, 0.6) is 0 Å². The molecule has 0 unspecified atom stereocenters. The number of carboxylic acid groups (broad SMARTS) is 1. The fraction of sp³-hybridized carbons (Fsp3) is 0.640. The van der Waals surface area contributed by atoms with Gasteiger partial charge in [-0.1, -0.05) is 18.6 Å². The van der Waals surface area contributed by atoms with Crippen LogP contribution in [0.15, 0.2) is 18.2 Å². The molecule has 0 radical (unpaired) electrons. The molecule has 0 aliphatic carbocycles. The minimum atomic E-state index is -4.55. The standard InChI is InChI=1S/C25H35F3N2O6/c1-7-18-11-19(12-20(13-21(31)32)30(18)23(34)36-24(3,4)5)29(22(33)35-6)14-16-8-15(2)9-17(10-16)25(26,27)28/h8-10,18-20H,7,11-14H2,1-6H3,(H,31,32)/t18-,19+,20-/m1/s1. The Morgan fingerprint density at radius 2 is 1.72 bits per heavy atom. The lowest BCUT2D eigenvalue weighted by Gasteiger charge is -2.47. The van der Waals surface area contributed by atoms with Gasteiger partial charge >= 0.3 is 24.3 Å². The third-order valence-corrected chi connectivity index (χ3v) is 6.03. The molecule has 11 heteroatoms. The van der Waals surface area contributed by atoms with E-state index in [2.05, 4.69) is 0 Å². The molecule has 0 bridgehead atoms. The van der Waals surface area contributed by atoms with Gasteiger partial charge in [-0.25, -0.2) is 9.59 Å². The van der Waals surface area contributed by atoms with Gasteiger partial charge in [0.05, 0.1) is 19.1 Å². The lowest BCUT2D eigenvalue weighted by atomic mass is 9.87. The summed E-state index contributed by atoms with van der Waals surface area (Å²) in [5.41, 5.74) is -0.957. The number of carbonyl (C=O) groups excluding carboxylic acids is 2. The number of carboxylic acids is 1. The Labute approximate surface area is 209 Å². The number of piperidine rings is 1. The van der Waals surface area contributed by atoms with Crippen molar-refractivity contribution in [2.45, 2.75) is 96.7 Å². The van der Waals surface area contributed by atoms with Crippen molar-refractivity contribution in [3.63, 3.8) is 0 Å². The van der Waals surface area contributed by atoms with Crippen molar-refractivity contribution >= 4 is 18.2 Å². The van der Waals surface area contributed by atoms with Crippen LogP contribution in [0.2, 0.25) is 0 Å². The number of nitrogens with zero attached hydrogens (tertiary/aromatic N) is 2. The highest BCUT2D eigenvalue weighted by Crippen LogP contribution is 2.34. The van der Waals surface area contributed by atoms with Gasteiger partial charge in [0.15, 0.2) is 0 Å². The maximum Gasteiger partial charge on any atom is 0.416 e. The average Bonchev–Trinajstić information content (AvgIpc) is 2.73. The summed E-state index contributed by atoms with van der Waals surface area (Å²) in [7, 11) is 1.18. The summed E-state index contributed by atoms with van der Waals surface area (Å²) < 4.78 is 50.5. The second kappa shape index (κ2) is 11.4. The number of halogens is 3. The zero-order valence-electron chi connectivity index (χ0n) is 21.5. The van der Waals surface area contributed by atoms with Crippen molar-refractivity contribution in [1.29, 1.82) is 0 Å². The molecule has 3 atom stereocenters. The number of aliphatic carboxylic acids is 1. The Morgan fingerprint density at radius 3 is 2.22 bits per heavy atom. The molecular formula is C25H35F3N2O6. The molecule has 1 saturated heterocycles. The van der Waals surface area contributed by atoms with Gasteiger partial charge in [-0.2, -0.15) is 13.2 Å². The van der Waals surface area contributed by atoms with Crippen LogP contribution in [0, 0.1) is 6.92 Å². The van der Waals surface area contributed by atoms with Gasteiger partial charge in [-0.3, -0.25) is 4.79 Å². The van der Waals surface area contributed by atoms with Gasteiger partial charge in [-0.05, 0) is 64.7 Å². The van der Waals surface area contributed by atoms with Crippen LogP contribution in [0.1, 0.15) is 70.1 Å². The summed E-state index contributed by atoms with van der Waals surface area (Å²) in [6.45, 7) is 8.34. The summed E-state index contributed by atoms with van der Waals surface area (Å²) >= 11 is 0. The molecule has 1 aliphatic rings. The zero-order valence-corrected chi connectivity index (χ0v) is 21.5. The molecule has 0 saturated carbocycles. The Balaban J connectivity index is 2.43. The number of likely N-dealkylation sites (tertiary alicyclic amines) is 1. The molecule has 36 heavy (non-hydrogen) atoms. The van der Waals surface area contributed by atoms with Crippen LogP contribution in [-0.2, 0) is 27.0 Å². The van der Waals surface area contributed by atoms with E-state index in [1.165, 1.54) is 23.8 Å². The lowest BCUT2D eigenvalue weighted by molar-refractivity contribution is -0.139. The van der Waals surface area contributed by atoms with Crippen LogP contribution >= 0.6 is 0 Å². The van der Waals surface area contributed by atoms with Gasteiger partial charge in [-0.15, -0.1) is 0 Å². The van der Waals surface area contributed by atoms with Crippen LogP contribution in [0.3, 0.4) is 0 Å². The molecule has 0 spiro atoms. The third kappa shape index (κ3) is 7.76. The Bertz CT molecular complexity index is 960. The van der Waals surface area contributed by atoms with Crippen LogP contribution in [-0.4, -0.2) is 63.9 Å². The molecule has 1 aliphatic heterocycles. The maximum absolute atomic E-state index is 13.4. The van der Waals surface area contributed by atoms with E-state index in [1.54, 1.807) is 26.8 Å². The Hall–Kier alpha value is -2.98. The molecule has 1 N–H and O–H groups in total. The van der Waals surface area contributed by atoms with Gasteiger partial charge in [0.1, 0.15) is 5.60 Å². The number of aryl methyl sites for hydroxylation is 1. The molecule has 8 nitrogen and oxygen atoms in total. The van der Waals surface area contributed by atoms with Crippen molar-refractivity contribution in [1.82, 2.24) is 9.80 Å². The smallest absolute Gasteiger partial charge is 0.416 e. The number of hydrogen-bond acceptors (Lipinski definition) is 5. The van der Waals surface area contributed by atoms with E-state index in [1.807, 2.05) is 6.92 Å². The largest absolute Gasteiger partial charge is 0.481 e.